The van der Waals surface area contributed by atoms with E-state index in [0.717, 1.165) is 29.6 Å². The lowest BCUT2D eigenvalue weighted by Gasteiger charge is -2.09. The number of aryl methyl sites for hydroxylation is 1. The Morgan fingerprint density at radius 3 is 2.56 bits per heavy atom. The molecule has 0 saturated heterocycles. The van der Waals surface area contributed by atoms with Crippen LogP contribution in [0, 0.1) is 0 Å². The maximum atomic E-state index is 5.66. The lowest BCUT2D eigenvalue weighted by atomic mass is 10.2. The normalized spacial score (nSPS) is 10.6. The first kappa shape index (κ1) is 12.9. The Morgan fingerprint density at radius 1 is 1.17 bits per heavy atom. The predicted molar refractivity (Wildman–Crippen MR) is 71.7 cm³/mol. The van der Waals surface area contributed by atoms with E-state index in [2.05, 4.69) is 9.97 Å². The highest BCUT2D eigenvalue weighted by molar-refractivity contribution is 6.17. The second-order valence-corrected chi connectivity index (χ2v) is 4.22. The monoisotopic (exact) mass is 266 g/mol. The number of hydrogen-bond donors (Lipinski definition) is 0. The van der Waals surface area contributed by atoms with Crippen LogP contribution in [0.25, 0.3) is 10.9 Å². The van der Waals surface area contributed by atoms with Crippen molar-refractivity contribution in [3.63, 3.8) is 0 Å². The molecule has 1 heterocycles. The maximum Gasteiger partial charge on any atom is 0.162 e. The molecule has 0 aliphatic heterocycles. The SMILES string of the molecule is COc1cc2cnc(CCCCl)nc2cc1OC. The molecule has 0 bridgehead atoms. The van der Waals surface area contributed by atoms with Gasteiger partial charge in [-0.25, -0.2) is 9.97 Å². The summed E-state index contributed by atoms with van der Waals surface area (Å²) in [6, 6.07) is 3.74. The van der Waals surface area contributed by atoms with Crippen molar-refractivity contribution in [3.8, 4) is 11.5 Å². The van der Waals surface area contributed by atoms with Gasteiger partial charge in [-0.3, -0.25) is 0 Å². The van der Waals surface area contributed by atoms with Gasteiger partial charge < -0.3 is 9.47 Å². The van der Waals surface area contributed by atoms with Crippen LogP contribution in [0.5, 0.6) is 11.5 Å². The molecule has 0 atom stereocenters. The molecule has 0 aliphatic carbocycles. The third kappa shape index (κ3) is 2.64. The third-order valence-electron chi connectivity index (χ3n) is 2.67. The van der Waals surface area contributed by atoms with Crippen LogP contribution in [0.2, 0.25) is 0 Å². The van der Waals surface area contributed by atoms with Crippen LogP contribution in [0.3, 0.4) is 0 Å². The number of rotatable bonds is 5. The molecule has 4 nitrogen and oxygen atoms in total. The predicted octanol–water partition coefficient (Wildman–Crippen LogP) is 2.82. The first-order valence-electron chi connectivity index (χ1n) is 5.72. The number of methoxy groups -OCH3 is 2. The van der Waals surface area contributed by atoms with E-state index in [1.165, 1.54) is 0 Å². The number of halogens is 1. The van der Waals surface area contributed by atoms with E-state index < -0.39 is 0 Å². The van der Waals surface area contributed by atoms with Crippen LogP contribution < -0.4 is 9.47 Å². The molecule has 2 aromatic rings. The molecule has 0 spiro atoms. The smallest absolute Gasteiger partial charge is 0.162 e. The second kappa shape index (κ2) is 5.87. The van der Waals surface area contributed by atoms with E-state index in [9.17, 15) is 0 Å². The summed E-state index contributed by atoms with van der Waals surface area (Å²) in [5, 5.41) is 0.933. The minimum Gasteiger partial charge on any atom is -0.493 e. The molecule has 0 unspecified atom stereocenters. The van der Waals surface area contributed by atoms with Gasteiger partial charge in [-0.05, 0) is 12.5 Å². The van der Waals surface area contributed by atoms with E-state index in [1.807, 2.05) is 12.1 Å². The molecular weight excluding hydrogens is 252 g/mol. The molecule has 2 rings (SSSR count). The Morgan fingerprint density at radius 2 is 1.89 bits per heavy atom. The van der Waals surface area contributed by atoms with Crippen molar-refractivity contribution in [1.82, 2.24) is 9.97 Å². The fraction of sp³-hybridized carbons (Fsp3) is 0.385. The lowest BCUT2D eigenvalue weighted by molar-refractivity contribution is 0.355. The minimum atomic E-state index is 0.618. The average molecular weight is 267 g/mol. The molecular formula is C13H15ClN2O2. The van der Waals surface area contributed by atoms with E-state index in [4.69, 9.17) is 21.1 Å². The second-order valence-electron chi connectivity index (χ2n) is 3.84. The van der Waals surface area contributed by atoms with Gasteiger partial charge in [0, 0.05) is 30.0 Å². The highest BCUT2D eigenvalue weighted by atomic mass is 35.5. The van der Waals surface area contributed by atoms with E-state index in [0.29, 0.717) is 17.4 Å². The fourth-order valence-electron chi connectivity index (χ4n) is 1.74. The van der Waals surface area contributed by atoms with Crippen LogP contribution in [0.4, 0.5) is 0 Å². The lowest BCUT2D eigenvalue weighted by Crippen LogP contribution is -1.97. The van der Waals surface area contributed by atoms with Gasteiger partial charge in [-0.2, -0.15) is 0 Å². The third-order valence-corrected chi connectivity index (χ3v) is 2.94. The molecule has 96 valence electrons. The van der Waals surface area contributed by atoms with Gasteiger partial charge in [0.25, 0.3) is 0 Å². The number of hydrogen-bond acceptors (Lipinski definition) is 4. The number of benzene rings is 1. The van der Waals surface area contributed by atoms with Crippen molar-refractivity contribution in [2.24, 2.45) is 0 Å². The number of aromatic nitrogens is 2. The maximum absolute atomic E-state index is 5.66. The number of fused-ring (bicyclic) bond motifs is 1. The first-order valence-corrected chi connectivity index (χ1v) is 6.25. The molecule has 0 fully saturated rings. The zero-order valence-corrected chi connectivity index (χ0v) is 11.2. The van der Waals surface area contributed by atoms with Gasteiger partial charge in [0.1, 0.15) is 5.82 Å². The fourth-order valence-corrected chi connectivity index (χ4v) is 1.88. The average Bonchev–Trinajstić information content (AvgIpc) is 2.43. The van der Waals surface area contributed by atoms with Crippen LogP contribution in [-0.2, 0) is 6.42 Å². The molecule has 0 aliphatic rings. The summed E-state index contributed by atoms with van der Waals surface area (Å²) in [7, 11) is 3.22. The largest absolute Gasteiger partial charge is 0.493 e. The van der Waals surface area contributed by atoms with Crippen molar-refractivity contribution < 1.29 is 9.47 Å². The van der Waals surface area contributed by atoms with Crippen molar-refractivity contribution in [2.75, 3.05) is 20.1 Å². The number of ether oxygens (including phenoxy) is 2. The molecule has 0 saturated carbocycles. The molecule has 0 N–H and O–H groups in total. The van der Waals surface area contributed by atoms with E-state index in [-0.39, 0.29) is 0 Å². The van der Waals surface area contributed by atoms with Gasteiger partial charge in [0.2, 0.25) is 0 Å². The van der Waals surface area contributed by atoms with Crippen LogP contribution >= 0.6 is 11.6 Å². The highest BCUT2D eigenvalue weighted by Crippen LogP contribution is 2.30. The minimum absolute atomic E-state index is 0.618. The summed E-state index contributed by atoms with van der Waals surface area (Å²) in [6.45, 7) is 0. The van der Waals surface area contributed by atoms with Gasteiger partial charge in [0.15, 0.2) is 11.5 Å². The summed E-state index contributed by atoms with van der Waals surface area (Å²) in [4.78, 5) is 8.80. The van der Waals surface area contributed by atoms with Gasteiger partial charge in [-0.15, -0.1) is 11.6 Å². The zero-order chi connectivity index (χ0) is 13.0. The highest BCUT2D eigenvalue weighted by Gasteiger charge is 2.08. The molecule has 18 heavy (non-hydrogen) atoms. The van der Waals surface area contributed by atoms with Gasteiger partial charge in [-0.1, -0.05) is 0 Å². The summed E-state index contributed by atoms with van der Waals surface area (Å²) in [6.07, 6.45) is 3.46. The molecule has 5 heteroatoms. The first-order chi connectivity index (χ1) is 8.78. The molecule has 1 aromatic carbocycles. The standard InChI is InChI=1S/C13H15ClN2O2/c1-17-11-6-9-8-15-13(4-3-5-14)16-10(9)7-12(11)18-2/h6-8H,3-5H2,1-2H3. The Bertz CT molecular complexity index is 546. The topological polar surface area (TPSA) is 44.2 Å². The van der Waals surface area contributed by atoms with E-state index in [1.54, 1.807) is 20.4 Å². The Hall–Kier alpha value is -1.55. The Labute approximate surface area is 111 Å². The Kier molecular flexibility index (Phi) is 4.20. The quantitative estimate of drug-likeness (QED) is 0.781. The van der Waals surface area contributed by atoms with Crippen LogP contribution in [0.15, 0.2) is 18.3 Å². The Balaban J connectivity index is 2.42. The van der Waals surface area contributed by atoms with E-state index >= 15 is 0 Å². The van der Waals surface area contributed by atoms with Gasteiger partial charge in [0.05, 0.1) is 19.7 Å². The van der Waals surface area contributed by atoms with Gasteiger partial charge >= 0.3 is 0 Å². The summed E-state index contributed by atoms with van der Waals surface area (Å²) < 4.78 is 10.5. The number of nitrogens with zero attached hydrogens (tertiary/aromatic N) is 2. The summed E-state index contributed by atoms with van der Waals surface area (Å²) in [5.74, 6) is 2.78. The van der Waals surface area contributed by atoms with Crippen molar-refractivity contribution >= 4 is 22.5 Å². The number of alkyl halides is 1. The summed E-state index contributed by atoms with van der Waals surface area (Å²) in [5.41, 5.74) is 0.854. The van der Waals surface area contributed by atoms with Crippen molar-refractivity contribution in [1.29, 1.82) is 0 Å². The molecule has 0 amide bonds. The molecule has 0 radical (unpaired) electrons. The van der Waals surface area contributed by atoms with Crippen molar-refractivity contribution in [2.45, 2.75) is 12.8 Å². The zero-order valence-electron chi connectivity index (χ0n) is 10.4. The van der Waals surface area contributed by atoms with Crippen LogP contribution in [0.1, 0.15) is 12.2 Å². The molecule has 1 aromatic heterocycles. The van der Waals surface area contributed by atoms with Crippen molar-refractivity contribution in [3.05, 3.63) is 24.2 Å². The summed E-state index contributed by atoms with van der Waals surface area (Å²) >= 11 is 5.66. The van der Waals surface area contributed by atoms with Crippen LogP contribution in [-0.4, -0.2) is 30.1 Å².